The fraction of sp³-hybridized carbons (Fsp3) is 0.100. The molecule has 0 amide bonds. The maximum atomic E-state index is 5.48. The van der Waals surface area contributed by atoms with Crippen molar-refractivity contribution < 1.29 is 9.47 Å². The Balaban J connectivity index is 2.13. The van der Waals surface area contributed by atoms with Crippen LogP contribution in [0.2, 0.25) is 0 Å². The van der Waals surface area contributed by atoms with Gasteiger partial charge in [-0.1, -0.05) is 36.4 Å². The molecule has 0 fully saturated rings. The molecule has 0 unspecified atom stereocenters. The van der Waals surface area contributed by atoms with Crippen molar-refractivity contribution in [3.8, 4) is 11.5 Å². The summed E-state index contributed by atoms with van der Waals surface area (Å²) in [5.41, 5.74) is 0. The Kier molecular flexibility index (Phi) is 2.90. The summed E-state index contributed by atoms with van der Waals surface area (Å²) in [5, 5.41) is 7.28. The second-order valence-electron chi connectivity index (χ2n) is 5.37. The zero-order valence-corrected chi connectivity index (χ0v) is 12.6. The first-order valence-electron chi connectivity index (χ1n) is 7.28. The molecule has 0 spiro atoms. The topological polar surface area (TPSA) is 18.5 Å². The standard InChI is InChI=1S/C20H16O2/c1-21-14-7-9-15-13(12-14)6-8-18-16-4-3-5-20(22-2)19(16)11-10-17(15)18/h3-12H,1-2H3. The molecule has 0 atom stereocenters. The highest BCUT2D eigenvalue weighted by Gasteiger charge is 2.08. The van der Waals surface area contributed by atoms with Crippen molar-refractivity contribution in [1.29, 1.82) is 0 Å². The smallest absolute Gasteiger partial charge is 0.126 e. The lowest BCUT2D eigenvalue weighted by Crippen LogP contribution is -1.87. The van der Waals surface area contributed by atoms with E-state index in [9.17, 15) is 0 Å². The molecule has 0 aliphatic heterocycles. The zero-order chi connectivity index (χ0) is 15.1. The van der Waals surface area contributed by atoms with E-state index in [0.717, 1.165) is 16.9 Å². The Hall–Kier alpha value is -2.74. The van der Waals surface area contributed by atoms with Gasteiger partial charge in [-0.05, 0) is 51.2 Å². The minimum Gasteiger partial charge on any atom is -0.497 e. The van der Waals surface area contributed by atoms with Crippen molar-refractivity contribution in [3.63, 3.8) is 0 Å². The third-order valence-electron chi connectivity index (χ3n) is 4.26. The average Bonchev–Trinajstić information content (AvgIpc) is 2.59. The average molecular weight is 288 g/mol. The van der Waals surface area contributed by atoms with Crippen LogP contribution in [0.15, 0.2) is 60.7 Å². The van der Waals surface area contributed by atoms with E-state index in [0.29, 0.717) is 0 Å². The molecule has 0 saturated carbocycles. The first-order chi connectivity index (χ1) is 10.8. The molecule has 0 aliphatic carbocycles. The molecule has 0 N–H and O–H groups in total. The highest BCUT2D eigenvalue weighted by atomic mass is 16.5. The van der Waals surface area contributed by atoms with Crippen molar-refractivity contribution in [1.82, 2.24) is 0 Å². The summed E-state index contributed by atoms with van der Waals surface area (Å²) < 4.78 is 10.8. The van der Waals surface area contributed by atoms with Gasteiger partial charge in [0.25, 0.3) is 0 Å². The van der Waals surface area contributed by atoms with Crippen LogP contribution in [0.3, 0.4) is 0 Å². The first-order valence-corrected chi connectivity index (χ1v) is 7.28. The highest BCUT2D eigenvalue weighted by Crippen LogP contribution is 2.35. The number of benzene rings is 4. The molecular weight excluding hydrogens is 272 g/mol. The number of hydrogen-bond acceptors (Lipinski definition) is 2. The SMILES string of the molecule is COc1ccc2c(ccc3c4cccc(OC)c4ccc23)c1. The van der Waals surface area contributed by atoms with Crippen LogP contribution in [0.4, 0.5) is 0 Å². The van der Waals surface area contributed by atoms with Crippen molar-refractivity contribution in [2.75, 3.05) is 14.2 Å². The highest BCUT2D eigenvalue weighted by molar-refractivity contribution is 6.18. The summed E-state index contributed by atoms with van der Waals surface area (Å²) in [6, 6.07) is 21.0. The molecule has 2 heteroatoms. The number of ether oxygens (including phenoxy) is 2. The number of hydrogen-bond donors (Lipinski definition) is 0. The number of rotatable bonds is 2. The Morgan fingerprint density at radius 1 is 0.591 bits per heavy atom. The Bertz CT molecular complexity index is 1000. The zero-order valence-electron chi connectivity index (χ0n) is 12.6. The maximum Gasteiger partial charge on any atom is 0.126 e. The molecule has 4 aromatic carbocycles. The minimum atomic E-state index is 0.884. The maximum absolute atomic E-state index is 5.48. The van der Waals surface area contributed by atoms with Crippen molar-refractivity contribution in [2.45, 2.75) is 0 Å². The molecule has 0 bridgehead atoms. The van der Waals surface area contributed by atoms with Gasteiger partial charge < -0.3 is 9.47 Å². The Morgan fingerprint density at radius 2 is 1.27 bits per heavy atom. The normalized spacial score (nSPS) is 11.2. The number of methoxy groups -OCH3 is 2. The number of fused-ring (bicyclic) bond motifs is 5. The molecule has 0 heterocycles. The van der Waals surface area contributed by atoms with Crippen LogP contribution in [0.1, 0.15) is 0 Å². The van der Waals surface area contributed by atoms with Gasteiger partial charge in [0.15, 0.2) is 0 Å². The second-order valence-corrected chi connectivity index (χ2v) is 5.37. The van der Waals surface area contributed by atoms with Crippen LogP contribution >= 0.6 is 0 Å². The van der Waals surface area contributed by atoms with Crippen LogP contribution in [0.25, 0.3) is 32.3 Å². The lowest BCUT2D eigenvalue weighted by atomic mass is 9.96. The van der Waals surface area contributed by atoms with E-state index in [2.05, 4.69) is 42.5 Å². The van der Waals surface area contributed by atoms with Crippen LogP contribution in [-0.4, -0.2) is 14.2 Å². The van der Waals surface area contributed by atoms with E-state index >= 15 is 0 Å². The van der Waals surface area contributed by atoms with Gasteiger partial charge in [0.1, 0.15) is 11.5 Å². The van der Waals surface area contributed by atoms with Crippen LogP contribution < -0.4 is 9.47 Å². The van der Waals surface area contributed by atoms with E-state index in [1.54, 1.807) is 14.2 Å². The van der Waals surface area contributed by atoms with E-state index < -0.39 is 0 Å². The van der Waals surface area contributed by atoms with Gasteiger partial charge in [0, 0.05) is 5.39 Å². The van der Waals surface area contributed by atoms with Gasteiger partial charge in [-0.2, -0.15) is 0 Å². The van der Waals surface area contributed by atoms with E-state index in [4.69, 9.17) is 9.47 Å². The molecular formula is C20H16O2. The molecule has 0 saturated heterocycles. The molecule has 0 aromatic heterocycles. The van der Waals surface area contributed by atoms with Gasteiger partial charge in [-0.25, -0.2) is 0 Å². The summed E-state index contributed by atoms with van der Waals surface area (Å²) in [7, 11) is 3.41. The van der Waals surface area contributed by atoms with Gasteiger partial charge in [-0.3, -0.25) is 0 Å². The van der Waals surface area contributed by atoms with Crippen LogP contribution in [-0.2, 0) is 0 Å². The van der Waals surface area contributed by atoms with Gasteiger partial charge in [-0.15, -0.1) is 0 Å². The lowest BCUT2D eigenvalue weighted by Gasteiger charge is -2.10. The predicted molar refractivity (Wildman–Crippen MR) is 92.1 cm³/mol. The van der Waals surface area contributed by atoms with Gasteiger partial charge in [0.2, 0.25) is 0 Å². The fourth-order valence-corrected chi connectivity index (χ4v) is 3.17. The summed E-state index contributed by atoms with van der Waals surface area (Å²) in [6.07, 6.45) is 0. The van der Waals surface area contributed by atoms with Gasteiger partial charge in [0.05, 0.1) is 14.2 Å². The van der Waals surface area contributed by atoms with Crippen molar-refractivity contribution in [2.24, 2.45) is 0 Å². The van der Waals surface area contributed by atoms with E-state index in [1.165, 1.54) is 26.9 Å². The second kappa shape index (κ2) is 4.92. The summed E-state index contributed by atoms with van der Waals surface area (Å²) >= 11 is 0. The largest absolute Gasteiger partial charge is 0.497 e. The molecule has 0 radical (unpaired) electrons. The van der Waals surface area contributed by atoms with Crippen molar-refractivity contribution >= 4 is 32.3 Å². The molecule has 2 nitrogen and oxygen atoms in total. The third-order valence-corrected chi connectivity index (χ3v) is 4.26. The van der Waals surface area contributed by atoms with Crippen LogP contribution in [0.5, 0.6) is 11.5 Å². The summed E-state index contributed by atoms with van der Waals surface area (Å²) in [5.74, 6) is 1.79. The van der Waals surface area contributed by atoms with Crippen LogP contribution in [0, 0.1) is 0 Å². The Labute approximate surface area is 128 Å². The Morgan fingerprint density at radius 3 is 2.09 bits per heavy atom. The summed E-state index contributed by atoms with van der Waals surface area (Å²) in [4.78, 5) is 0. The molecule has 108 valence electrons. The fourth-order valence-electron chi connectivity index (χ4n) is 3.17. The van der Waals surface area contributed by atoms with E-state index in [1.807, 2.05) is 18.2 Å². The van der Waals surface area contributed by atoms with Crippen molar-refractivity contribution in [3.05, 3.63) is 60.7 Å². The third kappa shape index (κ3) is 1.81. The molecule has 4 rings (SSSR count). The quantitative estimate of drug-likeness (QED) is 0.474. The summed E-state index contributed by atoms with van der Waals surface area (Å²) in [6.45, 7) is 0. The lowest BCUT2D eigenvalue weighted by molar-refractivity contribution is 0.415. The first kappa shape index (κ1) is 13.0. The molecule has 4 aromatic rings. The molecule has 22 heavy (non-hydrogen) atoms. The predicted octanol–water partition coefficient (Wildman–Crippen LogP) is 5.16. The van der Waals surface area contributed by atoms with Gasteiger partial charge >= 0.3 is 0 Å². The van der Waals surface area contributed by atoms with E-state index in [-0.39, 0.29) is 0 Å². The monoisotopic (exact) mass is 288 g/mol. The molecule has 0 aliphatic rings. The minimum absolute atomic E-state index is 0.884.